The van der Waals surface area contributed by atoms with E-state index < -0.39 is 0 Å². The third kappa shape index (κ3) is 4.82. The largest absolute Gasteiger partial charge is 0.316 e. The van der Waals surface area contributed by atoms with Crippen LogP contribution >= 0.6 is 11.6 Å². The lowest BCUT2D eigenvalue weighted by Crippen LogP contribution is -2.31. The van der Waals surface area contributed by atoms with Crippen LogP contribution in [0.25, 0.3) is 0 Å². The summed E-state index contributed by atoms with van der Waals surface area (Å²) in [5, 5.41) is 3.82. The van der Waals surface area contributed by atoms with E-state index in [1.807, 2.05) is 0 Å². The predicted molar refractivity (Wildman–Crippen MR) is 126 cm³/mol. The van der Waals surface area contributed by atoms with Crippen molar-refractivity contribution in [2.45, 2.75) is 38.0 Å². The Morgan fingerprint density at radius 3 is 2.67 bits per heavy atom. The zero-order valence-electron chi connectivity index (χ0n) is 18.2. The molecule has 7 heteroatoms. The first-order valence-electron chi connectivity index (χ1n) is 11.4. The van der Waals surface area contributed by atoms with Crippen LogP contribution in [-0.2, 0) is 12.8 Å². The van der Waals surface area contributed by atoms with Crippen LogP contribution in [0.5, 0.6) is 0 Å². The first kappa shape index (κ1) is 22.1. The van der Waals surface area contributed by atoms with Gasteiger partial charge in [-0.3, -0.25) is 0 Å². The number of rotatable bonds is 6. The molecule has 0 spiro atoms. The van der Waals surface area contributed by atoms with Crippen LogP contribution in [0.4, 0.5) is 14.5 Å². The highest BCUT2D eigenvalue weighted by atomic mass is 35.5. The summed E-state index contributed by atoms with van der Waals surface area (Å²) in [5.74, 6) is 0.422. The number of aromatic nitrogens is 2. The normalized spacial score (nSPS) is 19.9. The van der Waals surface area contributed by atoms with Crippen LogP contribution in [0, 0.1) is 17.6 Å². The van der Waals surface area contributed by atoms with Crippen molar-refractivity contribution in [2.24, 2.45) is 10.9 Å². The van der Waals surface area contributed by atoms with Crippen molar-refractivity contribution >= 4 is 23.0 Å². The molecule has 1 saturated heterocycles. The highest BCUT2D eigenvalue weighted by molar-refractivity contribution is 6.35. The van der Waals surface area contributed by atoms with Crippen molar-refractivity contribution in [1.29, 1.82) is 0 Å². The molecule has 0 radical (unpaired) electrons. The Morgan fingerprint density at radius 2 is 1.91 bits per heavy atom. The van der Waals surface area contributed by atoms with Gasteiger partial charge in [0.05, 0.1) is 28.2 Å². The van der Waals surface area contributed by atoms with E-state index in [9.17, 15) is 8.78 Å². The molecule has 4 nitrogen and oxygen atoms in total. The summed E-state index contributed by atoms with van der Waals surface area (Å²) in [6, 6.07) is 11.2. The topological polar surface area (TPSA) is 50.2 Å². The van der Waals surface area contributed by atoms with E-state index in [4.69, 9.17) is 21.6 Å². The number of aryl methyl sites for hydroxylation is 2. The van der Waals surface area contributed by atoms with Crippen LogP contribution in [-0.4, -0.2) is 28.8 Å². The van der Waals surface area contributed by atoms with Crippen LogP contribution < -0.4 is 5.32 Å². The van der Waals surface area contributed by atoms with E-state index in [1.165, 1.54) is 18.2 Å². The second-order valence-corrected chi connectivity index (χ2v) is 9.18. The Kier molecular flexibility index (Phi) is 6.47. The molecule has 1 unspecified atom stereocenters. The highest BCUT2D eigenvalue weighted by Crippen LogP contribution is 2.42. The van der Waals surface area contributed by atoms with Crippen LogP contribution in [0.3, 0.4) is 0 Å². The standard InChI is InChI=1S/C26H25ClF2N4/c27-20-4-1-5-21(29)24(20)26-19(13-17-3-2-12-30-14-17)25-22(32-26)15-31-23(33-25)11-8-16-6-9-18(28)10-7-16/h1,4-7,9-10,15,17,19,30H,2-3,8,11-14H2/t17-,19?/m0/s1. The average Bonchev–Trinajstić information content (AvgIpc) is 3.16. The lowest BCUT2D eigenvalue weighted by Gasteiger charge is -2.26. The number of nitrogens with zero attached hydrogens (tertiary/aromatic N) is 3. The molecule has 0 amide bonds. The lowest BCUT2D eigenvalue weighted by molar-refractivity contribution is 0.351. The van der Waals surface area contributed by atoms with E-state index in [0.717, 1.165) is 43.6 Å². The number of benzene rings is 2. The maximum atomic E-state index is 14.9. The quantitative estimate of drug-likeness (QED) is 0.499. The smallest absolute Gasteiger partial charge is 0.133 e. The summed E-state index contributed by atoms with van der Waals surface area (Å²) >= 11 is 6.42. The van der Waals surface area contributed by atoms with Gasteiger partial charge >= 0.3 is 0 Å². The van der Waals surface area contributed by atoms with Gasteiger partial charge in [0.1, 0.15) is 23.1 Å². The lowest BCUT2D eigenvalue weighted by atomic mass is 9.83. The Bertz CT molecular complexity index is 1150. The third-order valence-electron chi connectivity index (χ3n) is 6.49. The third-order valence-corrected chi connectivity index (χ3v) is 6.80. The zero-order chi connectivity index (χ0) is 22.8. The fourth-order valence-electron chi connectivity index (χ4n) is 4.79. The first-order valence-corrected chi connectivity index (χ1v) is 11.8. The summed E-state index contributed by atoms with van der Waals surface area (Å²) in [5.41, 5.74) is 3.56. The molecule has 2 atom stereocenters. The number of nitrogens with one attached hydrogen (secondary N) is 1. The summed E-state index contributed by atoms with van der Waals surface area (Å²) in [6.07, 6.45) is 6.16. The second kappa shape index (κ2) is 9.65. The summed E-state index contributed by atoms with van der Waals surface area (Å²) < 4.78 is 28.0. The highest BCUT2D eigenvalue weighted by Gasteiger charge is 2.35. The molecule has 33 heavy (non-hydrogen) atoms. The summed E-state index contributed by atoms with van der Waals surface area (Å²) in [7, 11) is 0. The van der Waals surface area contributed by atoms with E-state index in [1.54, 1.807) is 30.5 Å². The van der Waals surface area contributed by atoms with Crippen molar-refractivity contribution in [1.82, 2.24) is 15.3 Å². The van der Waals surface area contributed by atoms with Gasteiger partial charge in [0.15, 0.2) is 0 Å². The van der Waals surface area contributed by atoms with Gasteiger partial charge in [-0.2, -0.15) is 0 Å². The fourth-order valence-corrected chi connectivity index (χ4v) is 5.05. The molecule has 0 bridgehead atoms. The molecule has 2 aliphatic heterocycles. The number of fused-ring (bicyclic) bond motifs is 1. The van der Waals surface area contributed by atoms with E-state index in [2.05, 4.69) is 10.3 Å². The molecule has 3 aromatic rings. The van der Waals surface area contributed by atoms with E-state index in [-0.39, 0.29) is 17.6 Å². The zero-order valence-corrected chi connectivity index (χ0v) is 19.0. The first-order chi connectivity index (χ1) is 16.1. The van der Waals surface area contributed by atoms with Gasteiger partial charge in [0, 0.05) is 12.3 Å². The minimum absolute atomic E-state index is 0.133. The van der Waals surface area contributed by atoms with E-state index in [0.29, 0.717) is 46.6 Å². The number of piperidine rings is 1. The minimum Gasteiger partial charge on any atom is -0.316 e. The monoisotopic (exact) mass is 466 g/mol. The van der Waals surface area contributed by atoms with Crippen molar-refractivity contribution < 1.29 is 8.78 Å². The van der Waals surface area contributed by atoms with Crippen LogP contribution in [0.2, 0.25) is 5.02 Å². The van der Waals surface area contributed by atoms with Gasteiger partial charge < -0.3 is 5.32 Å². The maximum absolute atomic E-state index is 14.9. The maximum Gasteiger partial charge on any atom is 0.133 e. The van der Waals surface area contributed by atoms with Crippen molar-refractivity contribution in [3.63, 3.8) is 0 Å². The van der Waals surface area contributed by atoms with Crippen molar-refractivity contribution in [2.75, 3.05) is 13.1 Å². The minimum atomic E-state index is -0.370. The molecule has 1 aromatic heterocycles. The van der Waals surface area contributed by atoms with Gasteiger partial charge in [-0.15, -0.1) is 0 Å². The second-order valence-electron chi connectivity index (χ2n) is 8.78. The molecular weight excluding hydrogens is 442 g/mol. The summed E-state index contributed by atoms with van der Waals surface area (Å²) in [4.78, 5) is 14.2. The Hall–Kier alpha value is -2.70. The Balaban J connectivity index is 1.44. The summed E-state index contributed by atoms with van der Waals surface area (Å²) in [6.45, 7) is 1.97. The van der Waals surface area contributed by atoms with Gasteiger partial charge in [0.2, 0.25) is 0 Å². The fraction of sp³-hybridized carbons (Fsp3) is 0.346. The SMILES string of the molecule is Fc1ccc(CCc2ncc3c(n2)C(C[C@@H]2CCCNC2)C(c2c(F)cccc2Cl)=N3)cc1. The average molecular weight is 467 g/mol. The Labute approximate surface area is 197 Å². The molecule has 1 fully saturated rings. The number of halogens is 3. The van der Waals surface area contributed by atoms with Crippen molar-refractivity contribution in [3.05, 3.63) is 88.0 Å². The molecular formula is C26H25ClF2N4. The number of hydrogen-bond donors (Lipinski definition) is 1. The van der Waals surface area contributed by atoms with Gasteiger partial charge in [0.25, 0.3) is 0 Å². The van der Waals surface area contributed by atoms with Crippen LogP contribution in [0.15, 0.2) is 53.7 Å². The Morgan fingerprint density at radius 1 is 1.06 bits per heavy atom. The molecule has 3 heterocycles. The van der Waals surface area contributed by atoms with Crippen LogP contribution in [0.1, 0.15) is 47.8 Å². The molecule has 5 rings (SSSR count). The molecule has 1 N–H and O–H groups in total. The van der Waals surface area contributed by atoms with E-state index >= 15 is 0 Å². The number of aliphatic imine (C=N–C) groups is 1. The molecule has 0 aliphatic carbocycles. The molecule has 2 aromatic carbocycles. The predicted octanol–water partition coefficient (Wildman–Crippen LogP) is 5.80. The number of hydrogen-bond acceptors (Lipinski definition) is 4. The van der Waals surface area contributed by atoms with Crippen molar-refractivity contribution in [3.8, 4) is 0 Å². The van der Waals surface area contributed by atoms with Gasteiger partial charge in [-0.05, 0) is 74.5 Å². The molecule has 170 valence electrons. The molecule has 2 aliphatic rings. The molecule has 0 saturated carbocycles. The van der Waals surface area contributed by atoms with Gasteiger partial charge in [-0.1, -0.05) is 29.8 Å². The van der Waals surface area contributed by atoms with Gasteiger partial charge in [-0.25, -0.2) is 23.7 Å².